The molecule has 0 heterocycles. The monoisotopic (exact) mass is 332 g/mol. The molecule has 1 N–H and O–H groups in total. The van der Waals surface area contributed by atoms with Gasteiger partial charge >= 0.3 is 0 Å². The summed E-state index contributed by atoms with van der Waals surface area (Å²) in [5.74, 6) is -1.30. The van der Waals surface area contributed by atoms with Crippen molar-refractivity contribution in [2.24, 2.45) is 5.10 Å². The Bertz CT molecular complexity index is 768. The molecule has 0 spiro atoms. The van der Waals surface area contributed by atoms with Crippen molar-refractivity contribution in [2.45, 2.75) is 20.8 Å². The fourth-order valence-electron chi connectivity index (χ4n) is 2.19. The second-order valence-corrected chi connectivity index (χ2v) is 5.47. The fraction of sp³-hybridized carbons (Fsp3) is 0.222. The quantitative estimate of drug-likeness (QED) is 0.673. The van der Waals surface area contributed by atoms with Crippen LogP contribution in [0.25, 0.3) is 0 Å². The number of ether oxygens (including phenoxy) is 1. The van der Waals surface area contributed by atoms with Gasteiger partial charge in [-0.2, -0.15) is 5.10 Å². The highest BCUT2D eigenvalue weighted by Gasteiger charge is 2.08. The Morgan fingerprint density at radius 3 is 2.42 bits per heavy atom. The van der Waals surface area contributed by atoms with Crippen LogP contribution in [0.5, 0.6) is 5.75 Å². The van der Waals surface area contributed by atoms with E-state index in [-0.39, 0.29) is 17.9 Å². The second-order valence-electron chi connectivity index (χ2n) is 5.47. The van der Waals surface area contributed by atoms with Crippen molar-refractivity contribution in [1.82, 2.24) is 5.43 Å². The number of nitrogens with one attached hydrogen (secondary N) is 1. The summed E-state index contributed by atoms with van der Waals surface area (Å²) in [6.07, 6.45) is 0. The van der Waals surface area contributed by atoms with Crippen LogP contribution in [0.2, 0.25) is 0 Å². The van der Waals surface area contributed by atoms with Gasteiger partial charge in [-0.3, -0.25) is 4.79 Å². The summed E-state index contributed by atoms with van der Waals surface area (Å²) < 4.78 is 31.9. The minimum Gasteiger partial charge on any atom is -0.484 e. The van der Waals surface area contributed by atoms with Crippen LogP contribution in [0.1, 0.15) is 23.6 Å². The Kier molecular flexibility index (Phi) is 5.63. The maximum atomic E-state index is 13.6. The number of nitrogens with zero attached hydrogens (tertiary/aromatic N) is 1. The lowest BCUT2D eigenvalue weighted by atomic mass is 10.1. The number of hydrogen-bond acceptors (Lipinski definition) is 3. The lowest BCUT2D eigenvalue weighted by Gasteiger charge is -2.08. The van der Waals surface area contributed by atoms with Gasteiger partial charge in [0.05, 0.1) is 5.71 Å². The largest absolute Gasteiger partial charge is 0.484 e. The van der Waals surface area contributed by atoms with Crippen LogP contribution in [-0.2, 0) is 4.79 Å². The normalized spacial score (nSPS) is 11.3. The van der Waals surface area contributed by atoms with E-state index in [1.54, 1.807) is 0 Å². The Balaban J connectivity index is 1.94. The SMILES string of the molecule is C/C(=N/NC(=O)COc1cc(C)cc(C)c1)c1ccc(F)cc1F. The van der Waals surface area contributed by atoms with Crippen LogP contribution in [0.4, 0.5) is 8.78 Å². The molecule has 0 unspecified atom stereocenters. The molecule has 2 aromatic rings. The van der Waals surface area contributed by atoms with Crippen molar-refractivity contribution >= 4 is 11.6 Å². The van der Waals surface area contributed by atoms with Crippen molar-refractivity contribution in [2.75, 3.05) is 6.61 Å². The van der Waals surface area contributed by atoms with Crippen LogP contribution >= 0.6 is 0 Å². The van der Waals surface area contributed by atoms with E-state index in [0.29, 0.717) is 5.75 Å². The number of aryl methyl sites for hydroxylation is 2. The molecule has 0 aliphatic carbocycles. The number of carbonyl (C=O) groups is 1. The Hall–Kier alpha value is -2.76. The number of rotatable bonds is 5. The highest BCUT2D eigenvalue weighted by molar-refractivity contribution is 5.99. The molecule has 6 heteroatoms. The van der Waals surface area contributed by atoms with Crippen molar-refractivity contribution in [3.63, 3.8) is 0 Å². The van der Waals surface area contributed by atoms with E-state index in [9.17, 15) is 13.6 Å². The molecule has 0 atom stereocenters. The van der Waals surface area contributed by atoms with Gasteiger partial charge in [-0.15, -0.1) is 0 Å². The number of carbonyl (C=O) groups excluding carboxylic acids is 1. The predicted molar refractivity (Wildman–Crippen MR) is 88.1 cm³/mol. The van der Waals surface area contributed by atoms with E-state index < -0.39 is 17.5 Å². The maximum Gasteiger partial charge on any atom is 0.277 e. The zero-order chi connectivity index (χ0) is 17.7. The molecule has 1 amide bonds. The van der Waals surface area contributed by atoms with E-state index >= 15 is 0 Å². The van der Waals surface area contributed by atoms with Crippen LogP contribution in [0.15, 0.2) is 41.5 Å². The van der Waals surface area contributed by atoms with Gasteiger partial charge in [-0.25, -0.2) is 14.2 Å². The number of hydrogen-bond donors (Lipinski definition) is 1. The zero-order valence-corrected chi connectivity index (χ0v) is 13.7. The number of amides is 1. The van der Waals surface area contributed by atoms with E-state index in [1.807, 2.05) is 32.0 Å². The maximum absolute atomic E-state index is 13.6. The summed E-state index contributed by atoms with van der Waals surface area (Å²) in [4.78, 5) is 11.8. The lowest BCUT2D eigenvalue weighted by molar-refractivity contribution is -0.123. The van der Waals surface area contributed by atoms with Crippen molar-refractivity contribution < 1.29 is 18.3 Å². The molecule has 0 radical (unpaired) electrons. The molecule has 2 aromatic carbocycles. The molecule has 2 rings (SSSR count). The zero-order valence-electron chi connectivity index (χ0n) is 13.7. The third kappa shape index (κ3) is 4.87. The molecule has 126 valence electrons. The van der Waals surface area contributed by atoms with Gasteiger partial charge in [0.15, 0.2) is 6.61 Å². The first kappa shape index (κ1) is 17.6. The predicted octanol–water partition coefficient (Wildman–Crippen LogP) is 3.50. The molecule has 0 aliphatic rings. The summed E-state index contributed by atoms with van der Waals surface area (Å²) in [5.41, 5.74) is 4.70. The van der Waals surface area contributed by atoms with Crippen molar-refractivity contribution in [3.05, 3.63) is 64.7 Å². The molecule has 0 fully saturated rings. The first-order chi connectivity index (χ1) is 11.3. The summed E-state index contributed by atoms with van der Waals surface area (Å²) in [5, 5.41) is 3.81. The van der Waals surface area contributed by atoms with Gasteiger partial charge in [-0.05, 0) is 56.2 Å². The van der Waals surface area contributed by atoms with E-state index in [4.69, 9.17) is 4.74 Å². The Morgan fingerprint density at radius 1 is 1.12 bits per heavy atom. The van der Waals surface area contributed by atoms with Gasteiger partial charge in [0, 0.05) is 11.6 Å². The molecule has 0 saturated heterocycles. The van der Waals surface area contributed by atoms with Crippen molar-refractivity contribution in [3.8, 4) is 5.75 Å². The molecule has 4 nitrogen and oxygen atoms in total. The average molecular weight is 332 g/mol. The average Bonchev–Trinajstić information content (AvgIpc) is 2.49. The van der Waals surface area contributed by atoms with E-state index in [1.165, 1.54) is 13.0 Å². The standard InChI is InChI=1S/C18H18F2N2O2/c1-11-6-12(2)8-15(7-11)24-10-18(23)22-21-13(3)16-5-4-14(19)9-17(16)20/h4-9H,10H2,1-3H3,(H,22,23)/b21-13-. The van der Waals surface area contributed by atoms with Gasteiger partial charge in [-0.1, -0.05) is 6.07 Å². The molecule has 0 aromatic heterocycles. The summed E-state index contributed by atoms with van der Waals surface area (Å²) in [6.45, 7) is 5.17. The highest BCUT2D eigenvalue weighted by Crippen LogP contribution is 2.16. The molecule has 24 heavy (non-hydrogen) atoms. The molecule has 0 saturated carbocycles. The number of halogens is 2. The van der Waals surface area contributed by atoms with Gasteiger partial charge < -0.3 is 4.74 Å². The van der Waals surface area contributed by atoms with Gasteiger partial charge in [0.1, 0.15) is 17.4 Å². The second kappa shape index (κ2) is 7.68. The molecular weight excluding hydrogens is 314 g/mol. The van der Waals surface area contributed by atoms with Gasteiger partial charge in [0.25, 0.3) is 5.91 Å². The van der Waals surface area contributed by atoms with Crippen molar-refractivity contribution in [1.29, 1.82) is 0 Å². The molecular formula is C18H18F2N2O2. The first-order valence-corrected chi connectivity index (χ1v) is 7.35. The van der Waals surface area contributed by atoms with Gasteiger partial charge in [0.2, 0.25) is 0 Å². The third-order valence-corrected chi connectivity index (χ3v) is 3.23. The van der Waals surface area contributed by atoms with Crippen LogP contribution in [0, 0.1) is 25.5 Å². The van der Waals surface area contributed by atoms with Crippen LogP contribution < -0.4 is 10.2 Å². The topological polar surface area (TPSA) is 50.7 Å². The van der Waals surface area contributed by atoms with E-state index in [0.717, 1.165) is 23.3 Å². The number of benzene rings is 2. The Labute approximate surface area is 139 Å². The highest BCUT2D eigenvalue weighted by atomic mass is 19.1. The molecule has 0 bridgehead atoms. The summed E-state index contributed by atoms with van der Waals surface area (Å²) in [6, 6.07) is 8.80. The van der Waals surface area contributed by atoms with Crippen LogP contribution in [0.3, 0.4) is 0 Å². The minimum absolute atomic E-state index is 0.118. The first-order valence-electron chi connectivity index (χ1n) is 7.35. The molecule has 0 aliphatic heterocycles. The smallest absolute Gasteiger partial charge is 0.277 e. The fourth-order valence-corrected chi connectivity index (χ4v) is 2.19. The summed E-state index contributed by atoms with van der Waals surface area (Å²) >= 11 is 0. The van der Waals surface area contributed by atoms with E-state index in [2.05, 4.69) is 10.5 Å². The number of hydrazone groups is 1. The summed E-state index contributed by atoms with van der Waals surface area (Å²) in [7, 11) is 0. The minimum atomic E-state index is -0.739. The van der Waals surface area contributed by atoms with Crippen LogP contribution in [-0.4, -0.2) is 18.2 Å². The third-order valence-electron chi connectivity index (χ3n) is 3.23. The lowest BCUT2D eigenvalue weighted by Crippen LogP contribution is -2.25. The Morgan fingerprint density at radius 2 is 1.79 bits per heavy atom.